The highest BCUT2D eigenvalue weighted by Gasteiger charge is 2.35. The Labute approximate surface area is 172 Å². The fourth-order valence-electron chi connectivity index (χ4n) is 4.23. The van der Waals surface area contributed by atoms with Crippen LogP contribution in [0.15, 0.2) is 34.5 Å². The van der Waals surface area contributed by atoms with Gasteiger partial charge in [-0.3, -0.25) is 9.79 Å². The SMILES string of the molecule is CCCC(O)=C1C(=O)CC(C)(C)CC1=NCCc1c(C)[nH]c2ccc(OC)cc12. The largest absolute Gasteiger partial charge is 0.511 e. The van der Waals surface area contributed by atoms with E-state index in [0.717, 1.165) is 40.9 Å². The summed E-state index contributed by atoms with van der Waals surface area (Å²) in [5.74, 6) is 1.04. The molecule has 1 saturated carbocycles. The first kappa shape index (κ1) is 21.2. The van der Waals surface area contributed by atoms with Crippen molar-refractivity contribution >= 4 is 22.4 Å². The third-order valence-electron chi connectivity index (χ3n) is 5.62. The molecule has 0 bridgehead atoms. The third kappa shape index (κ3) is 4.55. The first-order chi connectivity index (χ1) is 13.8. The molecule has 2 N–H and O–H groups in total. The number of allylic oxidation sites excluding steroid dienone is 2. The number of Topliss-reactive ketones (excluding diaryl/α,β-unsaturated/α-hetero) is 1. The molecule has 0 amide bonds. The maximum atomic E-state index is 12.7. The van der Waals surface area contributed by atoms with Crippen LogP contribution in [0.2, 0.25) is 0 Å². The van der Waals surface area contributed by atoms with Crippen LogP contribution in [0.5, 0.6) is 5.75 Å². The first-order valence-electron chi connectivity index (χ1n) is 10.4. The van der Waals surface area contributed by atoms with E-state index in [0.29, 0.717) is 31.4 Å². The van der Waals surface area contributed by atoms with Gasteiger partial charge in [0.2, 0.25) is 0 Å². The van der Waals surface area contributed by atoms with Gasteiger partial charge < -0.3 is 14.8 Å². The zero-order valence-electron chi connectivity index (χ0n) is 18.2. The molecule has 0 atom stereocenters. The van der Waals surface area contributed by atoms with Gasteiger partial charge >= 0.3 is 0 Å². The summed E-state index contributed by atoms with van der Waals surface area (Å²) in [5.41, 5.74) is 4.51. The van der Waals surface area contributed by atoms with Gasteiger partial charge in [-0.05, 0) is 55.4 Å². The minimum atomic E-state index is -0.129. The molecule has 5 nitrogen and oxygen atoms in total. The highest BCUT2D eigenvalue weighted by Crippen LogP contribution is 2.36. The van der Waals surface area contributed by atoms with Crippen molar-refractivity contribution in [2.75, 3.05) is 13.7 Å². The highest BCUT2D eigenvalue weighted by molar-refractivity contribution is 6.24. The summed E-state index contributed by atoms with van der Waals surface area (Å²) in [6, 6.07) is 6.03. The Kier molecular flexibility index (Phi) is 6.15. The Balaban J connectivity index is 1.89. The summed E-state index contributed by atoms with van der Waals surface area (Å²) in [6.07, 6.45) is 3.25. The zero-order chi connectivity index (χ0) is 21.2. The number of fused-ring (bicyclic) bond motifs is 1. The smallest absolute Gasteiger partial charge is 0.168 e. The fourth-order valence-corrected chi connectivity index (χ4v) is 4.23. The predicted molar refractivity (Wildman–Crippen MR) is 118 cm³/mol. The number of aliphatic hydroxyl groups excluding tert-OH is 1. The number of aliphatic imine (C=N–C) groups is 1. The Bertz CT molecular complexity index is 979. The van der Waals surface area contributed by atoms with Crippen LogP contribution >= 0.6 is 0 Å². The van der Waals surface area contributed by atoms with E-state index in [2.05, 4.69) is 25.8 Å². The molecule has 0 aliphatic heterocycles. The summed E-state index contributed by atoms with van der Waals surface area (Å²) in [5, 5.41) is 11.6. The summed E-state index contributed by atoms with van der Waals surface area (Å²) < 4.78 is 5.37. The molecule has 0 radical (unpaired) electrons. The monoisotopic (exact) mass is 396 g/mol. The normalized spacial score (nSPS) is 19.8. The number of rotatable bonds is 6. The standard InChI is InChI=1S/C24H32N2O3/c1-6-7-21(27)23-20(13-24(3,4)14-22(23)28)25-11-10-17-15(2)26-19-9-8-16(29-5)12-18(17)19/h8-9,12,26-27H,6-7,10-11,13-14H2,1-5H3. The van der Waals surface area contributed by atoms with Gasteiger partial charge in [0.05, 0.1) is 12.7 Å². The lowest BCUT2D eigenvalue weighted by atomic mass is 9.73. The van der Waals surface area contributed by atoms with Crippen molar-refractivity contribution in [2.24, 2.45) is 10.4 Å². The molecule has 5 heteroatoms. The van der Waals surface area contributed by atoms with Crippen molar-refractivity contribution in [3.05, 3.63) is 40.8 Å². The van der Waals surface area contributed by atoms with E-state index in [4.69, 9.17) is 9.73 Å². The van der Waals surface area contributed by atoms with E-state index in [9.17, 15) is 9.90 Å². The maximum absolute atomic E-state index is 12.7. The molecule has 1 aromatic carbocycles. The molecule has 29 heavy (non-hydrogen) atoms. The molecule has 0 saturated heterocycles. The number of benzene rings is 1. The number of aryl methyl sites for hydroxylation is 1. The molecule has 1 fully saturated rings. The van der Waals surface area contributed by atoms with Crippen molar-refractivity contribution < 1.29 is 14.6 Å². The predicted octanol–water partition coefficient (Wildman–Crippen LogP) is 5.47. The molecule has 0 spiro atoms. The second-order valence-electron chi connectivity index (χ2n) is 8.73. The number of aromatic amines is 1. The van der Waals surface area contributed by atoms with Gasteiger partial charge in [0.15, 0.2) is 5.78 Å². The third-order valence-corrected chi connectivity index (χ3v) is 5.62. The maximum Gasteiger partial charge on any atom is 0.168 e. The number of ether oxygens (including phenoxy) is 1. The number of carbonyl (C=O) groups excluding carboxylic acids is 1. The van der Waals surface area contributed by atoms with E-state index in [1.165, 1.54) is 5.56 Å². The van der Waals surface area contributed by atoms with Crippen LogP contribution in [0, 0.1) is 12.3 Å². The fraction of sp³-hybridized carbons (Fsp3) is 0.500. The van der Waals surface area contributed by atoms with Gasteiger partial charge in [0, 0.05) is 41.7 Å². The van der Waals surface area contributed by atoms with Gasteiger partial charge in [-0.15, -0.1) is 0 Å². The summed E-state index contributed by atoms with van der Waals surface area (Å²) >= 11 is 0. The highest BCUT2D eigenvalue weighted by atomic mass is 16.5. The van der Waals surface area contributed by atoms with Gasteiger partial charge in [0.1, 0.15) is 11.5 Å². The Morgan fingerprint density at radius 3 is 2.76 bits per heavy atom. The molecule has 1 aliphatic carbocycles. The van der Waals surface area contributed by atoms with E-state index < -0.39 is 0 Å². The number of hydrogen-bond donors (Lipinski definition) is 2. The second-order valence-corrected chi connectivity index (χ2v) is 8.73. The lowest BCUT2D eigenvalue weighted by molar-refractivity contribution is -0.117. The molecular weight excluding hydrogens is 364 g/mol. The van der Waals surface area contributed by atoms with E-state index in [-0.39, 0.29) is 17.0 Å². The molecule has 1 aromatic heterocycles. The molecule has 1 aliphatic rings. The average Bonchev–Trinajstić information content (AvgIpc) is 2.95. The van der Waals surface area contributed by atoms with Gasteiger partial charge in [-0.25, -0.2) is 0 Å². The van der Waals surface area contributed by atoms with Gasteiger partial charge in [-0.2, -0.15) is 0 Å². The van der Waals surface area contributed by atoms with E-state index in [1.54, 1.807) is 7.11 Å². The van der Waals surface area contributed by atoms with Crippen LogP contribution in [-0.2, 0) is 11.2 Å². The summed E-state index contributed by atoms with van der Waals surface area (Å²) in [7, 11) is 1.67. The lowest BCUT2D eigenvalue weighted by Gasteiger charge is -2.31. The van der Waals surface area contributed by atoms with Crippen molar-refractivity contribution in [1.82, 2.24) is 4.98 Å². The van der Waals surface area contributed by atoms with Gasteiger partial charge in [0.25, 0.3) is 0 Å². The topological polar surface area (TPSA) is 74.7 Å². The van der Waals surface area contributed by atoms with Gasteiger partial charge in [-0.1, -0.05) is 20.8 Å². The van der Waals surface area contributed by atoms with Crippen molar-refractivity contribution in [3.63, 3.8) is 0 Å². The van der Waals surface area contributed by atoms with Crippen LogP contribution in [0.25, 0.3) is 10.9 Å². The molecule has 156 valence electrons. The number of hydrogen-bond acceptors (Lipinski definition) is 4. The van der Waals surface area contributed by atoms with Crippen molar-refractivity contribution in [1.29, 1.82) is 0 Å². The quantitative estimate of drug-likeness (QED) is 0.502. The second kappa shape index (κ2) is 8.44. The minimum absolute atomic E-state index is 0.0129. The van der Waals surface area contributed by atoms with E-state index >= 15 is 0 Å². The van der Waals surface area contributed by atoms with Crippen LogP contribution in [0.4, 0.5) is 0 Å². The zero-order valence-corrected chi connectivity index (χ0v) is 18.2. The number of H-pyrrole nitrogens is 1. The van der Waals surface area contributed by atoms with Crippen LogP contribution in [0.1, 0.15) is 57.7 Å². The number of aromatic nitrogens is 1. The summed E-state index contributed by atoms with van der Waals surface area (Å²) in [6.45, 7) is 8.82. The Morgan fingerprint density at radius 2 is 2.07 bits per heavy atom. The molecule has 2 aromatic rings. The first-order valence-corrected chi connectivity index (χ1v) is 10.4. The van der Waals surface area contributed by atoms with Crippen LogP contribution in [-0.4, -0.2) is 35.2 Å². The number of methoxy groups -OCH3 is 1. The number of nitrogens with one attached hydrogen (secondary N) is 1. The van der Waals surface area contributed by atoms with Crippen molar-refractivity contribution in [2.45, 2.75) is 59.8 Å². The Morgan fingerprint density at radius 1 is 1.31 bits per heavy atom. The van der Waals surface area contributed by atoms with Crippen LogP contribution in [0.3, 0.4) is 0 Å². The molecule has 1 heterocycles. The minimum Gasteiger partial charge on any atom is -0.511 e. The van der Waals surface area contributed by atoms with E-state index in [1.807, 2.05) is 25.1 Å². The van der Waals surface area contributed by atoms with Crippen molar-refractivity contribution in [3.8, 4) is 5.75 Å². The summed E-state index contributed by atoms with van der Waals surface area (Å²) in [4.78, 5) is 20.9. The average molecular weight is 397 g/mol. The number of carbonyl (C=O) groups is 1. The molecule has 0 unspecified atom stereocenters. The molecular formula is C24H32N2O3. The number of nitrogens with zero attached hydrogens (tertiary/aromatic N) is 1. The molecule has 3 rings (SSSR count). The van der Waals surface area contributed by atoms with Crippen LogP contribution < -0.4 is 4.74 Å². The number of ketones is 1. The number of aliphatic hydroxyl groups is 1. The lowest BCUT2D eigenvalue weighted by Crippen LogP contribution is -2.33. The Hall–Kier alpha value is -2.56.